The van der Waals surface area contributed by atoms with E-state index in [9.17, 15) is 0 Å². The Morgan fingerprint density at radius 2 is 2.28 bits per heavy atom. The number of hydrogen-bond donors (Lipinski definition) is 1. The van der Waals surface area contributed by atoms with Gasteiger partial charge in [-0.3, -0.25) is 4.90 Å². The Labute approximate surface area is 114 Å². The Morgan fingerprint density at radius 3 is 3.11 bits per heavy atom. The van der Waals surface area contributed by atoms with E-state index in [1.807, 2.05) is 0 Å². The topological polar surface area (TPSA) is 28.4 Å². The molecule has 0 aliphatic carbocycles. The molecule has 0 atom stereocenters. The first-order valence-electron chi connectivity index (χ1n) is 6.88. The summed E-state index contributed by atoms with van der Waals surface area (Å²) < 4.78 is 5.95. The van der Waals surface area contributed by atoms with Crippen LogP contribution in [-0.2, 0) is 13.1 Å². The number of nitrogens with zero attached hydrogens (tertiary/aromatic N) is 1. The van der Waals surface area contributed by atoms with Gasteiger partial charge in [0.1, 0.15) is 11.5 Å². The van der Waals surface area contributed by atoms with Gasteiger partial charge in [-0.1, -0.05) is 6.92 Å². The molecule has 0 bridgehead atoms. The van der Waals surface area contributed by atoms with Crippen LogP contribution < -0.4 is 5.32 Å². The highest BCUT2D eigenvalue weighted by Crippen LogP contribution is 2.18. The largest absolute Gasteiger partial charge is 0.463 e. The van der Waals surface area contributed by atoms with Gasteiger partial charge in [0.25, 0.3) is 0 Å². The van der Waals surface area contributed by atoms with Crippen LogP contribution in [0.5, 0.6) is 0 Å². The third-order valence-electron chi connectivity index (χ3n) is 3.30. The molecule has 1 aromatic rings. The van der Waals surface area contributed by atoms with E-state index >= 15 is 0 Å². The van der Waals surface area contributed by atoms with Crippen molar-refractivity contribution in [3.63, 3.8) is 0 Å². The number of thioether (sulfide) groups is 1. The molecule has 1 aromatic heterocycles. The summed E-state index contributed by atoms with van der Waals surface area (Å²) in [6, 6.07) is 2.20. The zero-order valence-corrected chi connectivity index (χ0v) is 12.3. The maximum Gasteiger partial charge on any atom is 0.120 e. The summed E-state index contributed by atoms with van der Waals surface area (Å²) in [6.45, 7) is 9.44. The van der Waals surface area contributed by atoms with E-state index in [1.54, 1.807) is 0 Å². The normalized spacial score (nSPS) is 17.9. The highest BCUT2D eigenvalue weighted by atomic mass is 32.2. The van der Waals surface area contributed by atoms with Crippen molar-refractivity contribution >= 4 is 11.8 Å². The van der Waals surface area contributed by atoms with Crippen molar-refractivity contribution in [3.8, 4) is 0 Å². The minimum Gasteiger partial charge on any atom is -0.463 e. The van der Waals surface area contributed by atoms with Crippen LogP contribution >= 0.6 is 11.8 Å². The molecule has 2 rings (SSSR count). The molecule has 1 saturated heterocycles. The Morgan fingerprint density at radius 1 is 1.39 bits per heavy atom. The van der Waals surface area contributed by atoms with Crippen LogP contribution in [0, 0.1) is 6.92 Å². The van der Waals surface area contributed by atoms with Crippen molar-refractivity contribution in [1.29, 1.82) is 0 Å². The number of rotatable bonds is 5. The zero-order chi connectivity index (χ0) is 12.8. The predicted octanol–water partition coefficient (Wildman–Crippen LogP) is 2.64. The SMILES string of the molecule is CCNCc1oc(CN2CCCSCC2)cc1C. The van der Waals surface area contributed by atoms with E-state index in [2.05, 4.69) is 41.9 Å². The molecule has 0 aromatic carbocycles. The number of hydrogen-bond acceptors (Lipinski definition) is 4. The van der Waals surface area contributed by atoms with Crippen molar-refractivity contribution in [2.24, 2.45) is 0 Å². The van der Waals surface area contributed by atoms with Gasteiger partial charge >= 0.3 is 0 Å². The molecular weight excluding hydrogens is 244 g/mol. The van der Waals surface area contributed by atoms with E-state index in [-0.39, 0.29) is 0 Å². The molecule has 0 radical (unpaired) electrons. The predicted molar refractivity (Wildman–Crippen MR) is 78.0 cm³/mol. The monoisotopic (exact) mass is 268 g/mol. The molecule has 3 nitrogen and oxygen atoms in total. The smallest absolute Gasteiger partial charge is 0.120 e. The van der Waals surface area contributed by atoms with E-state index in [0.717, 1.165) is 31.2 Å². The van der Waals surface area contributed by atoms with Gasteiger partial charge in [-0.15, -0.1) is 0 Å². The van der Waals surface area contributed by atoms with Crippen molar-refractivity contribution in [2.75, 3.05) is 31.1 Å². The molecule has 4 heteroatoms. The minimum absolute atomic E-state index is 0.845. The molecular formula is C14H24N2OS. The molecule has 0 unspecified atom stereocenters. The fraction of sp³-hybridized carbons (Fsp3) is 0.714. The van der Waals surface area contributed by atoms with Crippen LogP contribution in [0.4, 0.5) is 0 Å². The highest BCUT2D eigenvalue weighted by Gasteiger charge is 2.13. The van der Waals surface area contributed by atoms with Crippen LogP contribution in [0.3, 0.4) is 0 Å². The standard InChI is InChI=1S/C14H24N2OS/c1-3-15-10-14-12(2)9-13(17-14)11-16-5-4-7-18-8-6-16/h9,15H,3-8,10-11H2,1-2H3. The van der Waals surface area contributed by atoms with Crippen LogP contribution in [0.25, 0.3) is 0 Å². The molecule has 102 valence electrons. The summed E-state index contributed by atoms with van der Waals surface area (Å²) in [7, 11) is 0. The summed E-state index contributed by atoms with van der Waals surface area (Å²) >= 11 is 2.07. The van der Waals surface area contributed by atoms with Gasteiger partial charge < -0.3 is 9.73 Å². The Bertz CT molecular complexity index is 357. The van der Waals surface area contributed by atoms with Gasteiger partial charge in [-0.25, -0.2) is 0 Å². The highest BCUT2D eigenvalue weighted by molar-refractivity contribution is 7.99. The molecule has 0 amide bonds. The van der Waals surface area contributed by atoms with Crippen molar-refractivity contribution < 1.29 is 4.42 Å². The van der Waals surface area contributed by atoms with Gasteiger partial charge in [-0.05, 0) is 43.8 Å². The lowest BCUT2D eigenvalue weighted by Crippen LogP contribution is -2.25. The summed E-state index contributed by atoms with van der Waals surface area (Å²) in [4.78, 5) is 2.51. The summed E-state index contributed by atoms with van der Waals surface area (Å²) in [5.41, 5.74) is 1.27. The van der Waals surface area contributed by atoms with Crippen molar-refractivity contribution in [2.45, 2.75) is 33.4 Å². The van der Waals surface area contributed by atoms with Crippen molar-refractivity contribution in [1.82, 2.24) is 10.2 Å². The molecule has 1 aliphatic heterocycles. The molecule has 1 aliphatic rings. The van der Waals surface area contributed by atoms with Crippen LogP contribution in [0.1, 0.15) is 30.4 Å². The van der Waals surface area contributed by atoms with Crippen LogP contribution in [-0.4, -0.2) is 36.0 Å². The zero-order valence-electron chi connectivity index (χ0n) is 11.5. The van der Waals surface area contributed by atoms with Crippen LogP contribution in [0.2, 0.25) is 0 Å². The maximum atomic E-state index is 5.95. The average molecular weight is 268 g/mol. The molecule has 1 N–H and O–H groups in total. The maximum absolute atomic E-state index is 5.95. The summed E-state index contributed by atoms with van der Waals surface area (Å²) in [5, 5.41) is 3.32. The van der Waals surface area contributed by atoms with E-state index in [4.69, 9.17) is 4.42 Å². The van der Waals surface area contributed by atoms with Crippen LogP contribution in [0.15, 0.2) is 10.5 Å². The van der Waals surface area contributed by atoms with Gasteiger partial charge in [0, 0.05) is 12.3 Å². The minimum atomic E-state index is 0.845. The molecule has 0 spiro atoms. The second-order valence-electron chi connectivity index (χ2n) is 4.84. The Kier molecular flexibility index (Phi) is 5.60. The average Bonchev–Trinajstić information content (AvgIpc) is 2.56. The summed E-state index contributed by atoms with van der Waals surface area (Å²) in [6.07, 6.45) is 1.30. The Balaban J connectivity index is 1.91. The lowest BCUT2D eigenvalue weighted by atomic mass is 10.2. The first kappa shape index (κ1) is 14.0. The fourth-order valence-electron chi connectivity index (χ4n) is 2.26. The number of furan rings is 1. The lowest BCUT2D eigenvalue weighted by Gasteiger charge is -2.17. The molecule has 1 fully saturated rings. The number of aryl methyl sites for hydroxylation is 1. The lowest BCUT2D eigenvalue weighted by molar-refractivity contribution is 0.258. The fourth-order valence-corrected chi connectivity index (χ4v) is 3.18. The van der Waals surface area contributed by atoms with Gasteiger partial charge in [0.15, 0.2) is 0 Å². The molecule has 0 saturated carbocycles. The van der Waals surface area contributed by atoms with E-state index in [1.165, 1.54) is 36.6 Å². The van der Waals surface area contributed by atoms with Gasteiger partial charge in [-0.2, -0.15) is 11.8 Å². The second-order valence-corrected chi connectivity index (χ2v) is 6.07. The van der Waals surface area contributed by atoms with Gasteiger partial charge in [0.05, 0.1) is 13.1 Å². The van der Waals surface area contributed by atoms with E-state index < -0.39 is 0 Å². The third-order valence-corrected chi connectivity index (χ3v) is 4.35. The Hall–Kier alpha value is -0.450. The molecule has 18 heavy (non-hydrogen) atoms. The molecule has 2 heterocycles. The quantitative estimate of drug-likeness (QED) is 0.888. The van der Waals surface area contributed by atoms with E-state index in [0.29, 0.717) is 0 Å². The van der Waals surface area contributed by atoms with Gasteiger partial charge in [0.2, 0.25) is 0 Å². The summed E-state index contributed by atoms with van der Waals surface area (Å²) in [5.74, 6) is 4.77. The third kappa shape index (κ3) is 4.04. The number of nitrogens with one attached hydrogen (secondary N) is 1. The van der Waals surface area contributed by atoms with Crippen molar-refractivity contribution in [3.05, 3.63) is 23.2 Å². The first-order chi connectivity index (χ1) is 8.79. The second kappa shape index (κ2) is 7.22. The first-order valence-corrected chi connectivity index (χ1v) is 8.04.